The van der Waals surface area contributed by atoms with Crippen LogP contribution in [0.1, 0.15) is 12.3 Å². The highest BCUT2D eigenvalue weighted by atomic mass is 16.3. The van der Waals surface area contributed by atoms with Crippen LogP contribution in [0.5, 0.6) is 0 Å². The molecule has 1 aliphatic rings. The summed E-state index contributed by atoms with van der Waals surface area (Å²) < 4.78 is 5.19. The summed E-state index contributed by atoms with van der Waals surface area (Å²) in [5.74, 6) is 0.805. The number of nitrogens with one attached hydrogen (secondary N) is 2. The van der Waals surface area contributed by atoms with E-state index in [1.165, 1.54) is 0 Å². The van der Waals surface area contributed by atoms with Crippen LogP contribution in [0.4, 0.5) is 5.69 Å². The summed E-state index contributed by atoms with van der Waals surface area (Å²) in [6.45, 7) is 3.50. The summed E-state index contributed by atoms with van der Waals surface area (Å²) >= 11 is 0. The molecule has 2 N–H and O–H groups in total. The molecular formula is C15H17N3O2. The number of aryl methyl sites for hydroxylation is 1. The number of oxazole rings is 1. The zero-order valence-corrected chi connectivity index (χ0v) is 11.3. The normalized spacial score (nSPS) is 18.1. The number of benzene rings is 1. The molecule has 0 bridgehead atoms. The lowest BCUT2D eigenvalue weighted by atomic mass is 10.1. The molecule has 0 radical (unpaired) electrons. The van der Waals surface area contributed by atoms with Gasteiger partial charge in [-0.05, 0) is 25.1 Å². The van der Waals surface area contributed by atoms with Gasteiger partial charge in [-0.1, -0.05) is 12.1 Å². The lowest BCUT2D eigenvalue weighted by Gasteiger charge is -2.10. The van der Waals surface area contributed by atoms with Gasteiger partial charge < -0.3 is 15.1 Å². The van der Waals surface area contributed by atoms with Crippen molar-refractivity contribution < 1.29 is 9.21 Å². The Kier molecular flexibility index (Phi) is 3.52. The van der Waals surface area contributed by atoms with Crippen LogP contribution in [0.15, 0.2) is 34.9 Å². The first-order valence-electron chi connectivity index (χ1n) is 6.76. The van der Waals surface area contributed by atoms with Gasteiger partial charge in [0.1, 0.15) is 12.0 Å². The van der Waals surface area contributed by atoms with E-state index in [4.69, 9.17) is 4.42 Å². The summed E-state index contributed by atoms with van der Waals surface area (Å²) in [6.07, 6.45) is 2.54. The van der Waals surface area contributed by atoms with Crippen LogP contribution in [-0.4, -0.2) is 24.0 Å². The minimum Gasteiger partial charge on any atom is -0.449 e. The average molecular weight is 271 g/mol. The van der Waals surface area contributed by atoms with Gasteiger partial charge in [-0.25, -0.2) is 4.98 Å². The molecule has 3 rings (SSSR count). The van der Waals surface area contributed by atoms with Gasteiger partial charge in [0.05, 0.1) is 5.92 Å². The first-order valence-corrected chi connectivity index (χ1v) is 6.76. The fraction of sp³-hybridized carbons (Fsp3) is 0.333. The Balaban J connectivity index is 1.68. The van der Waals surface area contributed by atoms with Crippen molar-refractivity contribution in [2.75, 3.05) is 18.4 Å². The molecule has 1 aliphatic heterocycles. The second-order valence-electron chi connectivity index (χ2n) is 5.01. The molecule has 1 aromatic heterocycles. The lowest BCUT2D eigenvalue weighted by Crippen LogP contribution is -2.24. The van der Waals surface area contributed by atoms with Crippen molar-refractivity contribution in [1.29, 1.82) is 0 Å². The molecule has 1 amide bonds. The summed E-state index contributed by atoms with van der Waals surface area (Å²) in [7, 11) is 0. The number of hydrogen-bond acceptors (Lipinski definition) is 4. The summed E-state index contributed by atoms with van der Waals surface area (Å²) in [6, 6.07) is 7.64. The number of carbonyl (C=O) groups excluding carboxylic acids is 1. The molecule has 0 saturated carbocycles. The molecule has 1 fully saturated rings. The number of anilines is 1. The second kappa shape index (κ2) is 5.46. The standard InChI is InChI=1S/C15H17N3O2/c1-10-17-14(9-20-10)11-2-4-13(5-3-11)18-15(19)12-6-7-16-8-12/h2-5,9,12,16H,6-8H2,1H3,(H,18,19). The first kappa shape index (κ1) is 12.9. The molecule has 1 aromatic carbocycles. The van der Waals surface area contributed by atoms with E-state index in [1.807, 2.05) is 31.2 Å². The number of hydrogen-bond donors (Lipinski definition) is 2. The Morgan fingerprint density at radius 1 is 1.40 bits per heavy atom. The zero-order valence-electron chi connectivity index (χ0n) is 11.3. The molecule has 1 atom stereocenters. The van der Waals surface area contributed by atoms with Gasteiger partial charge in [-0.3, -0.25) is 4.79 Å². The third-order valence-electron chi connectivity index (χ3n) is 3.50. The van der Waals surface area contributed by atoms with E-state index >= 15 is 0 Å². The van der Waals surface area contributed by atoms with E-state index in [9.17, 15) is 4.79 Å². The largest absolute Gasteiger partial charge is 0.449 e. The van der Waals surface area contributed by atoms with E-state index in [-0.39, 0.29) is 11.8 Å². The van der Waals surface area contributed by atoms with Gasteiger partial charge >= 0.3 is 0 Å². The van der Waals surface area contributed by atoms with E-state index in [0.717, 1.165) is 36.5 Å². The van der Waals surface area contributed by atoms with Crippen molar-refractivity contribution in [3.63, 3.8) is 0 Å². The maximum atomic E-state index is 12.0. The summed E-state index contributed by atoms with van der Waals surface area (Å²) in [4.78, 5) is 16.3. The monoisotopic (exact) mass is 271 g/mol. The number of nitrogens with zero attached hydrogens (tertiary/aromatic N) is 1. The Morgan fingerprint density at radius 2 is 2.20 bits per heavy atom. The SMILES string of the molecule is Cc1nc(-c2ccc(NC(=O)C3CCNC3)cc2)co1. The molecule has 0 spiro atoms. The van der Waals surface area contributed by atoms with Crippen LogP contribution in [0.25, 0.3) is 11.3 Å². The van der Waals surface area contributed by atoms with E-state index < -0.39 is 0 Å². The molecule has 1 saturated heterocycles. The molecule has 1 unspecified atom stereocenters. The molecule has 2 heterocycles. The number of aromatic nitrogens is 1. The molecule has 104 valence electrons. The Bertz CT molecular complexity index is 598. The van der Waals surface area contributed by atoms with Crippen LogP contribution in [0.3, 0.4) is 0 Å². The quantitative estimate of drug-likeness (QED) is 0.898. The minimum absolute atomic E-state index is 0.0767. The predicted molar refractivity (Wildman–Crippen MR) is 76.3 cm³/mol. The molecule has 20 heavy (non-hydrogen) atoms. The average Bonchev–Trinajstić information content (AvgIpc) is 3.10. The second-order valence-corrected chi connectivity index (χ2v) is 5.01. The van der Waals surface area contributed by atoms with Crippen molar-refractivity contribution in [1.82, 2.24) is 10.3 Å². The fourth-order valence-electron chi connectivity index (χ4n) is 2.34. The van der Waals surface area contributed by atoms with Gasteiger partial charge in [0, 0.05) is 24.7 Å². The van der Waals surface area contributed by atoms with Crippen molar-refractivity contribution >= 4 is 11.6 Å². The third-order valence-corrected chi connectivity index (χ3v) is 3.50. The molecule has 0 aliphatic carbocycles. The highest BCUT2D eigenvalue weighted by molar-refractivity contribution is 5.93. The van der Waals surface area contributed by atoms with Crippen LogP contribution in [-0.2, 0) is 4.79 Å². The van der Waals surface area contributed by atoms with E-state index in [1.54, 1.807) is 6.26 Å². The third kappa shape index (κ3) is 2.72. The molecule has 5 nitrogen and oxygen atoms in total. The van der Waals surface area contributed by atoms with E-state index in [2.05, 4.69) is 15.6 Å². The van der Waals surface area contributed by atoms with Gasteiger partial charge in [-0.15, -0.1) is 0 Å². The minimum atomic E-state index is 0.0767. The van der Waals surface area contributed by atoms with Crippen LogP contribution in [0.2, 0.25) is 0 Å². The van der Waals surface area contributed by atoms with Crippen molar-refractivity contribution in [2.45, 2.75) is 13.3 Å². The topological polar surface area (TPSA) is 67.2 Å². The predicted octanol–water partition coefficient (Wildman–Crippen LogP) is 2.20. The van der Waals surface area contributed by atoms with Crippen LogP contribution in [0, 0.1) is 12.8 Å². The molecule has 5 heteroatoms. The highest BCUT2D eigenvalue weighted by Crippen LogP contribution is 2.21. The van der Waals surface area contributed by atoms with E-state index in [0.29, 0.717) is 5.89 Å². The summed E-state index contributed by atoms with van der Waals surface area (Å²) in [5, 5.41) is 6.14. The molecule has 2 aromatic rings. The summed E-state index contributed by atoms with van der Waals surface area (Å²) in [5.41, 5.74) is 2.59. The Labute approximate surface area is 117 Å². The van der Waals surface area contributed by atoms with Gasteiger partial charge in [0.15, 0.2) is 5.89 Å². The maximum absolute atomic E-state index is 12.0. The van der Waals surface area contributed by atoms with Gasteiger partial charge in [-0.2, -0.15) is 0 Å². The maximum Gasteiger partial charge on any atom is 0.228 e. The highest BCUT2D eigenvalue weighted by Gasteiger charge is 2.22. The van der Waals surface area contributed by atoms with Crippen molar-refractivity contribution in [3.05, 3.63) is 36.4 Å². The molecular weight excluding hydrogens is 254 g/mol. The van der Waals surface area contributed by atoms with Crippen molar-refractivity contribution in [3.8, 4) is 11.3 Å². The lowest BCUT2D eigenvalue weighted by molar-refractivity contribution is -0.119. The van der Waals surface area contributed by atoms with Gasteiger partial charge in [0.2, 0.25) is 5.91 Å². The fourth-order valence-corrected chi connectivity index (χ4v) is 2.34. The van der Waals surface area contributed by atoms with Crippen LogP contribution >= 0.6 is 0 Å². The number of carbonyl (C=O) groups is 1. The zero-order chi connectivity index (χ0) is 13.9. The van der Waals surface area contributed by atoms with Gasteiger partial charge in [0.25, 0.3) is 0 Å². The van der Waals surface area contributed by atoms with Crippen molar-refractivity contribution in [2.24, 2.45) is 5.92 Å². The first-order chi connectivity index (χ1) is 9.72. The van der Waals surface area contributed by atoms with Crippen LogP contribution < -0.4 is 10.6 Å². The Morgan fingerprint density at radius 3 is 2.80 bits per heavy atom. The number of amides is 1. The smallest absolute Gasteiger partial charge is 0.228 e. The Hall–Kier alpha value is -2.14. The number of rotatable bonds is 3.